The van der Waals surface area contributed by atoms with Crippen LogP contribution in [0, 0.1) is 5.41 Å². The Hall–Kier alpha value is -1.59. The zero-order valence-corrected chi connectivity index (χ0v) is 14.5. The number of ketones is 1. The first-order chi connectivity index (χ1) is 10.6. The van der Waals surface area contributed by atoms with Gasteiger partial charge in [-0.1, -0.05) is 12.1 Å². The molecule has 2 atom stereocenters. The van der Waals surface area contributed by atoms with Crippen molar-refractivity contribution < 1.29 is 19.1 Å². The third-order valence-electron chi connectivity index (χ3n) is 3.90. The van der Waals surface area contributed by atoms with E-state index in [0.29, 0.717) is 11.3 Å². The third kappa shape index (κ3) is 3.67. The quantitative estimate of drug-likeness (QED) is 0.498. The maximum absolute atomic E-state index is 12.1. The summed E-state index contributed by atoms with van der Waals surface area (Å²) in [5.41, 5.74) is -0.0570. The van der Waals surface area contributed by atoms with Crippen LogP contribution in [0.25, 0.3) is 0 Å². The molecule has 0 bridgehead atoms. The van der Waals surface area contributed by atoms with Gasteiger partial charge in [-0.05, 0) is 32.9 Å². The standard InChI is InChI=1S/C16H17Cl2NO4/c1-9(20)11-5-4-6-12(7-11)19-13(21)10(2)23-14(22)15(3)8-16(15,17)18/h4-7,10H,8H2,1-3H3,(H,19,21)/t10-,15-/m0/s1. The normalized spacial score (nSPS) is 22.8. The number of alkyl halides is 2. The van der Waals surface area contributed by atoms with E-state index < -0.39 is 27.7 Å². The minimum absolute atomic E-state index is 0.109. The van der Waals surface area contributed by atoms with Crippen molar-refractivity contribution in [3.05, 3.63) is 29.8 Å². The Labute approximate surface area is 144 Å². The van der Waals surface area contributed by atoms with E-state index in [2.05, 4.69) is 5.32 Å². The molecule has 7 heteroatoms. The number of esters is 1. The molecule has 0 saturated heterocycles. The van der Waals surface area contributed by atoms with Crippen molar-refractivity contribution in [3.8, 4) is 0 Å². The van der Waals surface area contributed by atoms with Gasteiger partial charge in [-0.2, -0.15) is 0 Å². The lowest BCUT2D eigenvalue weighted by Gasteiger charge is -2.17. The largest absolute Gasteiger partial charge is 0.452 e. The first-order valence-corrected chi connectivity index (χ1v) is 7.83. The monoisotopic (exact) mass is 357 g/mol. The second-order valence-corrected chi connectivity index (χ2v) is 7.37. The molecule has 1 N–H and O–H groups in total. The molecule has 1 saturated carbocycles. The van der Waals surface area contributed by atoms with Crippen molar-refractivity contribution in [3.63, 3.8) is 0 Å². The van der Waals surface area contributed by atoms with Gasteiger partial charge in [0.15, 0.2) is 11.9 Å². The molecule has 1 aliphatic rings. The fraction of sp³-hybridized carbons (Fsp3) is 0.438. The van der Waals surface area contributed by atoms with Crippen LogP contribution in [-0.4, -0.2) is 28.1 Å². The van der Waals surface area contributed by atoms with Gasteiger partial charge in [0.2, 0.25) is 0 Å². The molecule has 1 amide bonds. The van der Waals surface area contributed by atoms with Crippen LogP contribution in [-0.2, 0) is 14.3 Å². The molecule has 1 aromatic carbocycles. The zero-order valence-electron chi connectivity index (χ0n) is 13.0. The smallest absolute Gasteiger partial charge is 0.315 e. The van der Waals surface area contributed by atoms with Crippen LogP contribution in [0.1, 0.15) is 37.6 Å². The molecule has 1 fully saturated rings. The van der Waals surface area contributed by atoms with Crippen molar-refractivity contribution in [1.82, 2.24) is 0 Å². The summed E-state index contributed by atoms with van der Waals surface area (Å²) in [6.45, 7) is 4.49. The number of benzene rings is 1. The van der Waals surface area contributed by atoms with Crippen molar-refractivity contribution in [2.24, 2.45) is 5.41 Å². The number of carbonyl (C=O) groups is 3. The van der Waals surface area contributed by atoms with Crippen LogP contribution in [0.2, 0.25) is 0 Å². The van der Waals surface area contributed by atoms with Gasteiger partial charge >= 0.3 is 5.97 Å². The van der Waals surface area contributed by atoms with Crippen molar-refractivity contribution in [2.45, 2.75) is 37.6 Å². The summed E-state index contributed by atoms with van der Waals surface area (Å²) in [5, 5.41) is 2.60. The first kappa shape index (κ1) is 17.8. The van der Waals surface area contributed by atoms with Gasteiger partial charge in [0.25, 0.3) is 5.91 Å². The molecule has 5 nitrogen and oxygen atoms in total. The molecular weight excluding hydrogens is 341 g/mol. The Balaban J connectivity index is 1.97. The molecule has 1 aromatic rings. The van der Waals surface area contributed by atoms with E-state index in [0.717, 1.165) is 0 Å². The Morgan fingerprint density at radius 1 is 1.30 bits per heavy atom. The Bertz CT molecular complexity index is 674. The molecule has 0 heterocycles. The number of nitrogens with one attached hydrogen (secondary N) is 1. The highest BCUT2D eigenvalue weighted by Gasteiger charge is 2.69. The van der Waals surface area contributed by atoms with Crippen molar-refractivity contribution in [2.75, 3.05) is 5.32 Å². The highest BCUT2D eigenvalue weighted by Crippen LogP contribution is 2.64. The van der Waals surface area contributed by atoms with E-state index in [1.54, 1.807) is 31.2 Å². The maximum Gasteiger partial charge on any atom is 0.315 e. The van der Waals surface area contributed by atoms with E-state index in [-0.39, 0.29) is 12.2 Å². The number of ether oxygens (including phenoxy) is 1. The van der Waals surface area contributed by atoms with Crippen LogP contribution >= 0.6 is 23.2 Å². The SMILES string of the molecule is CC(=O)c1cccc(NC(=O)[C@H](C)OC(=O)[C@]2(C)CC2(Cl)Cl)c1. The summed E-state index contributed by atoms with van der Waals surface area (Å²) in [4.78, 5) is 35.5. The predicted molar refractivity (Wildman–Crippen MR) is 87.8 cm³/mol. The third-order valence-corrected chi connectivity index (χ3v) is 5.00. The Morgan fingerprint density at radius 3 is 2.43 bits per heavy atom. The minimum Gasteiger partial charge on any atom is -0.452 e. The minimum atomic E-state index is -1.14. The number of amides is 1. The van der Waals surface area contributed by atoms with Gasteiger partial charge in [-0.15, -0.1) is 23.2 Å². The molecule has 124 valence electrons. The number of carbonyl (C=O) groups excluding carboxylic acids is 3. The number of anilines is 1. The average Bonchev–Trinajstić information content (AvgIpc) is 2.99. The molecule has 0 radical (unpaired) electrons. The lowest BCUT2D eigenvalue weighted by molar-refractivity contribution is -0.158. The summed E-state index contributed by atoms with van der Waals surface area (Å²) in [5.74, 6) is -1.22. The first-order valence-electron chi connectivity index (χ1n) is 7.07. The van der Waals surface area contributed by atoms with Crippen LogP contribution in [0.4, 0.5) is 5.69 Å². The molecule has 2 rings (SSSR count). The van der Waals surface area contributed by atoms with Gasteiger partial charge in [-0.3, -0.25) is 14.4 Å². The summed E-state index contributed by atoms with van der Waals surface area (Å²) in [6.07, 6.45) is -0.721. The molecule has 0 aliphatic heterocycles. The lowest BCUT2D eigenvalue weighted by atomic mass is 10.1. The van der Waals surface area contributed by atoms with Gasteiger partial charge in [0.1, 0.15) is 9.75 Å². The van der Waals surface area contributed by atoms with E-state index in [4.69, 9.17) is 27.9 Å². The highest BCUT2D eigenvalue weighted by molar-refractivity contribution is 6.53. The van der Waals surface area contributed by atoms with E-state index >= 15 is 0 Å². The second kappa shape index (κ2) is 6.13. The summed E-state index contributed by atoms with van der Waals surface area (Å²) in [7, 11) is 0. The Morgan fingerprint density at radius 2 is 1.91 bits per heavy atom. The van der Waals surface area contributed by atoms with Crippen LogP contribution in [0.3, 0.4) is 0 Å². The summed E-state index contributed by atoms with van der Waals surface area (Å²) < 4.78 is 4.00. The number of rotatable bonds is 5. The van der Waals surface area contributed by atoms with E-state index in [9.17, 15) is 14.4 Å². The molecule has 0 spiro atoms. The van der Waals surface area contributed by atoms with E-state index in [1.165, 1.54) is 13.8 Å². The highest BCUT2D eigenvalue weighted by atomic mass is 35.5. The number of hydrogen-bond acceptors (Lipinski definition) is 4. The van der Waals surface area contributed by atoms with Crippen LogP contribution in [0.5, 0.6) is 0 Å². The average molecular weight is 358 g/mol. The Kier molecular flexibility index (Phi) is 4.74. The maximum atomic E-state index is 12.1. The van der Waals surface area contributed by atoms with Crippen molar-refractivity contribution >= 4 is 46.5 Å². The van der Waals surface area contributed by atoms with Gasteiger partial charge < -0.3 is 10.1 Å². The summed E-state index contributed by atoms with van der Waals surface area (Å²) in [6, 6.07) is 6.50. The molecule has 0 aromatic heterocycles. The predicted octanol–water partition coefficient (Wildman–Crippen LogP) is 3.34. The number of Topliss-reactive ketones (excluding diaryl/α,β-unsaturated/α-hetero) is 1. The van der Waals surface area contributed by atoms with Crippen LogP contribution < -0.4 is 5.32 Å². The molecule has 23 heavy (non-hydrogen) atoms. The number of hydrogen-bond donors (Lipinski definition) is 1. The zero-order chi connectivity index (χ0) is 17.4. The van der Waals surface area contributed by atoms with Gasteiger partial charge in [0, 0.05) is 17.7 Å². The number of halogens is 2. The lowest BCUT2D eigenvalue weighted by Crippen LogP contribution is -2.33. The van der Waals surface area contributed by atoms with Gasteiger partial charge in [0.05, 0.1) is 0 Å². The fourth-order valence-electron chi connectivity index (χ4n) is 2.03. The summed E-state index contributed by atoms with van der Waals surface area (Å²) >= 11 is 11.8. The molecular formula is C16H17Cl2NO4. The topological polar surface area (TPSA) is 72.5 Å². The van der Waals surface area contributed by atoms with Crippen molar-refractivity contribution in [1.29, 1.82) is 0 Å². The van der Waals surface area contributed by atoms with Crippen LogP contribution in [0.15, 0.2) is 24.3 Å². The molecule has 1 aliphatic carbocycles. The second-order valence-electron chi connectivity index (χ2n) is 5.89. The molecule has 0 unspecified atom stereocenters. The van der Waals surface area contributed by atoms with E-state index in [1.807, 2.05) is 0 Å². The van der Waals surface area contributed by atoms with Gasteiger partial charge in [-0.25, -0.2) is 0 Å². The fourth-order valence-corrected chi connectivity index (χ4v) is 2.71.